The number of hydrogen-bond donors (Lipinski definition) is 2. The number of rotatable bonds is 6. The molecule has 0 saturated heterocycles. The number of halogens is 3. The van der Waals surface area contributed by atoms with Crippen LogP contribution in [0.2, 0.25) is 5.02 Å². The van der Waals surface area contributed by atoms with E-state index in [1.165, 1.54) is 31.5 Å². The lowest BCUT2D eigenvalue weighted by molar-refractivity contribution is 0.0690. The van der Waals surface area contributed by atoms with E-state index < -0.39 is 23.5 Å². The molecule has 2 heterocycles. The van der Waals surface area contributed by atoms with Gasteiger partial charge in [0.25, 0.3) is 5.91 Å². The van der Waals surface area contributed by atoms with E-state index in [4.69, 9.17) is 16.3 Å². The van der Waals surface area contributed by atoms with Gasteiger partial charge in [-0.1, -0.05) is 17.7 Å². The van der Waals surface area contributed by atoms with E-state index in [0.29, 0.717) is 22.4 Å². The lowest BCUT2D eigenvalue weighted by atomic mass is 10.0. The van der Waals surface area contributed by atoms with E-state index in [0.717, 1.165) is 11.3 Å². The lowest BCUT2D eigenvalue weighted by Gasteiger charge is -2.12. The van der Waals surface area contributed by atoms with Gasteiger partial charge < -0.3 is 15.2 Å². The average Bonchev–Trinajstić information content (AvgIpc) is 3.12. The van der Waals surface area contributed by atoms with Crippen LogP contribution in [0, 0.1) is 0 Å². The number of nitrogens with zero attached hydrogens (tertiary/aromatic N) is 1. The minimum Gasteiger partial charge on any atom is -0.496 e. The second kappa shape index (κ2) is 9.74. The number of ether oxygens (including phenoxy) is 1. The number of hydrogen-bond acceptors (Lipinski definition) is 5. The summed E-state index contributed by atoms with van der Waals surface area (Å²) in [5.41, 5.74) is 1.70. The van der Waals surface area contributed by atoms with Crippen molar-refractivity contribution < 1.29 is 28.2 Å². The van der Waals surface area contributed by atoms with Crippen LogP contribution in [0.5, 0.6) is 5.75 Å². The molecule has 0 radical (unpaired) electrons. The van der Waals surface area contributed by atoms with Gasteiger partial charge in [-0.3, -0.25) is 4.79 Å². The van der Waals surface area contributed by atoms with E-state index in [1.807, 2.05) is 0 Å². The van der Waals surface area contributed by atoms with Crippen molar-refractivity contribution in [1.82, 2.24) is 10.3 Å². The summed E-state index contributed by atoms with van der Waals surface area (Å²) in [7, 11) is 1.48. The highest BCUT2D eigenvalue weighted by Gasteiger charge is 2.27. The van der Waals surface area contributed by atoms with Gasteiger partial charge in [-0.25, -0.2) is 18.6 Å². The number of carbonyl (C=O) groups excluding carboxylic acids is 1. The highest BCUT2D eigenvalue weighted by Crippen LogP contribution is 2.43. The first-order valence-corrected chi connectivity index (χ1v) is 11.2. The quantitative estimate of drug-likeness (QED) is 0.423. The van der Waals surface area contributed by atoms with Gasteiger partial charge in [0.2, 0.25) is 0 Å². The Bertz CT molecular complexity index is 1370. The fourth-order valence-corrected chi connectivity index (χ4v) is 4.96. The molecule has 0 aliphatic heterocycles. The second-order valence-electron chi connectivity index (χ2n) is 7.23. The Hall–Kier alpha value is -3.56. The number of aromatic carboxylic acids is 1. The van der Waals surface area contributed by atoms with Gasteiger partial charge in [0.15, 0.2) is 0 Å². The maximum atomic E-state index is 14.4. The molecule has 3 aromatic rings. The van der Waals surface area contributed by atoms with Crippen molar-refractivity contribution in [3.05, 3.63) is 80.3 Å². The summed E-state index contributed by atoms with van der Waals surface area (Å²) >= 11 is 7.03. The molecule has 0 fully saturated rings. The first-order valence-electron chi connectivity index (χ1n) is 9.99. The third-order valence-electron chi connectivity index (χ3n) is 5.14. The molecule has 10 heteroatoms. The molecule has 0 saturated carbocycles. The molecule has 1 amide bonds. The highest BCUT2D eigenvalue weighted by atomic mass is 35.5. The summed E-state index contributed by atoms with van der Waals surface area (Å²) < 4.78 is 34.1. The average molecular weight is 503 g/mol. The molecule has 2 aromatic heterocycles. The number of thiophene rings is 1. The van der Waals surface area contributed by atoms with Crippen molar-refractivity contribution in [3.8, 4) is 16.9 Å². The Morgan fingerprint density at radius 1 is 1.18 bits per heavy atom. The normalized spacial score (nSPS) is 12.8. The number of allylic oxidation sites excluding steroid dienone is 2. The Kier molecular flexibility index (Phi) is 6.76. The van der Waals surface area contributed by atoms with E-state index in [9.17, 15) is 23.5 Å². The molecule has 0 unspecified atom stereocenters. The largest absolute Gasteiger partial charge is 0.496 e. The third-order valence-corrected chi connectivity index (χ3v) is 6.83. The van der Waals surface area contributed by atoms with Crippen LogP contribution in [0.25, 0.3) is 22.8 Å². The molecule has 1 aromatic carbocycles. The maximum absolute atomic E-state index is 14.4. The summed E-state index contributed by atoms with van der Waals surface area (Å²) in [6.07, 6.45) is 3.93. The van der Waals surface area contributed by atoms with Crippen LogP contribution in [-0.4, -0.2) is 29.1 Å². The number of aromatic nitrogens is 1. The van der Waals surface area contributed by atoms with Gasteiger partial charge in [0.1, 0.15) is 28.0 Å². The summed E-state index contributed by atoms with van der Waals surface area (Å²) in [6.45, 7) is 0.0300. The molecular formula is C24H17ClF2N2O4S. The number of carboxylic acids is 1. The van der Waals surface area contributed by atoms with Gasteiger partial charge in [0, 0.05) is 18.3 Å². The Morgan fingerprint density at radius 2 is 1.91 bits per heavy atom. The molecule has 6 nitrogen and oxygen atoms in total. The maximum Gasteiger partial charge on any atom is 0.354 e. The number of carboxylic acid groups (broad SMARTS) is 1. The zero-order valence-electron chi connectivity index (χ0n) is 17.7. The van der Waals surface area contributed by atoms with E-state index >= 15 is 0 Å². The van der Waals surface area contributed by atoms with Gasteiger partial charge >= 0.3 is 5.97 Å². The molecule has 34 heavy (non-hydrogen) atoms. The standard InChI is InChI=1S/C24H17ClF2N2O4S/c1-33-18-6-5-12(13-7-8-28-17(10-13)24(31)32)9-14(18)11-29-23(30)22-20(25)19-15(26)3-2-4-16(27)21(19)34-22/h3-10H,2,11H2,1H3,(H,29,30)(H,31,32). The molecule has 0 atom stereocenters. The number of methoxy groups -OCH3 is 1. The highest BCUT2D eigenvalue weighted by molar-refractivity contribution is 7.16. The van der Waals surface area contributed by atoms with Crippen LogP contribution in [-0.2, 0) is 6.54 Å². The molecule has 0 bridgehead atoms. The van der Waals surface area contributed by atoms with E-state index in [2.05, 4.69) is 10.3 Å². The zero-order valence-corrected chi connectivity index (χ0v) is 19.3. The smallest absolute Gasteiger partial charge is 0.354 e. The summed E-state index contributed by atoms with van der Waals surface area (Å²) in [5, 5.41) is 11.8. The van der Waals surface area contributed by atoms with E-state index in [1.54, 1.807) is 24.3 Å². The molecule has 174 valence electrons. The number of carbonyl (C=O) groups is 2. The first kappa shape index (κ1) is 23.6. The topological polar surface area (TPSA) is 88.5 Å². The SMILES string of the molecule is COc1ccc(-c2ccnc(C(=O)O)c2)cc1CNC(=O)c1sc2c(c1Cl)C(F)=CCC=C2F. The van der Waals surface area contributed by atoms with E-state index in [-0.39, 0.29) is 39.0 Å². The first-order chi connectivity index (χ1) is 16.3. The monoisotopic (exact) mass is 502 g/mol. The minimum absolute atomic E-state index is 0.00368. The van der Waals surface area contributed by atoms with Crippen molar-refractivity contribution in [3.63, 3.8) is 0 Å². The molecule has 4 rings (SSSR count). The molecule has 1 aliphatic carbocycles. The minimum atomic E-state index is -1.15. The van der Waals surface area contributed by atoms with Gasteiger partial charge in [-0.2, -0.15) is 0 Å². The van der Waals surface area contributed by atoms with Crippen molar-refractivity contribution in [2.75, 3.05) is 7.11 Å². The van der Waals surface area contributed by atoms with Crippen LogP contribution >= 0.6 is 22.9 Å². The van der Waals surface area contributed by atoms with Crippen LogP contribution < -0.4 is 10.1 Å². The van der Waals surface area contributed by atoms with Crippen LogP contribution in [0.15, 0.2) is 48.7 Å². The molecule has 1 aliphatic rings. The Labute approximate surface area is 202 Å². The fraction of sp³-hybridized carbons (Fsp3) is 0.125. The fourth-order valence-electron chi connectivity index (χ4n) is 3.48. The number of amides is 1. The number of nitrogens with one attached hydrogen (secondary N) is 1. The summed E-state index contributed by atoms with van der Waals surface area (Å²) in [6, 6.07) is 8.30. The van der Waals surface area contributed by atoms with Crippen molar-refractivity contribution in [2.45, 2.75) is 13.0 Å². The number of benzene rings is 1. The third kappa shape index (κ3) is 4.57. The molecule has 0 spiro atoms. The van der Waals surface area contributed by atoms with Gasteiger partial charge in [-0.15, -0.1) is 11.3 Å². The van der Waals surface area contributed by atoms with Crippen LogP contribution in [0.1, 0.15) is 42.6 Å². The van der Waals surface area contributed by atoms with Crippen molar-refractivity contribution in [1.29, 1.82) is 0 Å². The summed E-state index contributed by atoms with van der Waals surface area (Å²) in [4.78, 5) is 27.9. The molecule has 2 N–H and O–H groups in total. The predicted molar refractivity (Wildman–Crippen MR) is 126 cm³/mol. The molecular weight excluding hydrogens is 486 g/mol. The van der Waals surface area contributed by atoms with Crippen molar-refractivity contribution in [2.24, 2.45) is 0 Å². The number of pyridine rings is 1. The predicted octanol–water partition coefficient (Wildman–Crippen LogP) is 6.12. The Morgan fingerprint density at radius 3 is 2.65 bits per heavy atom. The van der Waals surface area contributed by atoms with Crippen LogP contribution in [0.4, 0.5) is 8.78 Å². The van der Waals surface area contributed by atoms with Gasteiger partial charge in [0.05, 0.1) is 22.6 Å². The summed E-state index contributed by atoms with van der Waals surface area (Å²) in [5.74, 6) is -2.55. The van der Waals surface area contributed by atoms with Crippen molar-refractivity contribution >= 4 is 46.5 Å². The van der Waals surface area contributed by atoms with Crippen LogP contribution in [0.3, 0.4) is 0 Å². The lowest BCUT2D eigenvalue weighted by Crippen LogP contribution is -2.22. The van der Waals surface area contributed by atoms with Gasteiger partial charge in [-0.05, 0) is 54.0 Å². The number of fused-ring (bicyclic) bond motifs is 1. The zero-order chi connectivity index (χ0) is 24.4. The second-order valence-corrected chi connectivity index (χ2v) is 8.63. The Balaban J connectivity index is 1.60.